The zero-order chi connectivity index (χ0) is 8.39. The maximum atomic E-state index is 8.61. The van der Waals surface area contributed by atoms with Crippen LogP contribution in [0.2, 0.25) is 0 Å². The molecule has 0 aromatic carbocycles. The summed E-state index contributed by atoms with van der Waals surface area (Å²) in [6, 6.07) is 0. The number of hydrogen-bond acceptors (Lipinski definition) is 5. The monoisotopic (exact) mass is 186 g/mol. The molecule has 1 aromatic rings. The minimum Gasteiger partial charge on any atom is -0.396 e. The molecule has 1 aromatic heterocycles. The van der Waals surface area contributed by atoms with Crippen molar-refractivity contribution in [3.8, 4) is 0 Å². The van der Waals surface area contributed by atoms with Crippen LogP contribution < -0.4 is 0 Å². The normalized spacial score (nSPS) is 17.8. The fourth-order valence-electron chi connectivity index (χ4n) is 1.02. The van der Waals surface area contributed by atoms with Crippen molar-refractivity contribution in [2.45, 2.75) is 12.3 Å². The first kappa shape index (κ1) is 8.07. The number of nitrogens with zero attached hydrogens (tertiary/aromatic N) is 2. The molecule has 0 bridgehead atoms. The van der Waals surface area contributed by atoms with Gasteiger partial charge in [-0.1, -0.05) is 5.16 Å². The molecule has 2 rings (SSSR count). The van der Waals surface area contributed by atoms with Gasteiger partial charge in [-0.3, -0.25) is 0 Å². The second-order valence-electron chi connectivity index (χ2n) is 2.75. The maximum absolute atomic E-state index is 8.61. The highest BCUT2D eigenvalue weighted by molar-refractivity contribution is 8.00. The number of aliphatic hydroxyl groups excluding tert-OH is 1. The molecule has 0 saturated carbocycles. The molecule has 0 radical (unpaired) electrons. The molecule has 0 spiro atoms. The van der Waals surface area contributed by atoms with Crippen LogP contribution in [0.4, 0.5) is 0 Å². The topological polar surface area (TPSA) is 59.2 Å². The fraction of sp³-hybridized carbons (Fsp3) is 0.714. The van der Waals surface area contributed by atoms with Gasteiger partial charge in [-0.05, 0) is 0 Å². The zero-order valence-corrected chi connectivity index (χ0v) is 7.38. The summed E-state index contributed by atoms with van der Waals surface area (Å²) in [6.45, 7) is 0.0705. The first-order chi connectivity index (χ1) is 5.90. The summed E-state index contributed by atoms with van der Waals surface area (Å²) in [5.74, 6) is 4.02. The molecule has 12 heavy (non-hydrogen) atoms. The van der Waals surface area contributed by atoms with Crippen LogP contribution in [0.15, 0.2) is 4.52 Å². The summed E-state index contributed by atoms with van der Waals surface area (Å²) < 4.78 is 4.93. The molecule has 1 aliphatic heterocycles. The van der Waals surface area contributed by atoms with Gasteiger partial charge in [-0.2, -0.15) is 16.7 Å². The van der Waals surface area contributed by atoms with Gasteiger partial charge in [0.1, 0.15) is 0 Å². The van der Waals surface area contributed by atoms with Crippen molar-refractivity contribution in [1.29, 1.82) is 0 Å². The second-order valence-corrected chi connectivity index (χ2v) is 3.83. The Balaban J connectivity index is 2.02. The Morgan fingerprint density at radius 3 is 3.00 bits per heavy atom. The smallest absolute Gasteiger partial charge is 0.228 e. The molecule has 2 heterocycles. The standard InChI is InChI=1S/C7H10N2O2S/c10-2-1-6-8-7(9-11-6)5-3-12-4-5/h5,10H,1-4H2. The number of hydrogen-bond donors (Lipinski definition) is 1. The van der Waals surface area contributed by atoms with Crippen molar-refractivity contribution in [1.82, 2.24) is 10.1 Å². The lowest BCUT2D eigenvalue weighted by Gasteiger charge is -2.20. The zero-order valence-electron chi connectivity index (χ0n) is 6.56. The Kier molecular flexibility index (Phi) is 2.32. The Hall–Kier alpha value is -0.550. The third-order valence-electron chi connectivity index (χ3n) is 1.81. The number of thioether (sulfide) groups is 1. The van der Waals surface area contributed by atoms with Crippen LogP contribution >= 0.6 is 11.8 Å². The quantitative estimate of drug-likeness (QED) is 0.742. The summed E-state index contributed by atoms with van der Waals surface area (Å²) in [5.41, 5.74) is 0. The van der Waals surface area contributed by atoms with Crippen LogP contribution in [-0.2, 0) is 6.42 Å². The van der Waals surface area contributed by atoms with Gasteiger partial charge in [0.25, 0.3) is 0 Å². The number of aromatic nitrogens is 2. The summed E-state index contributed by atoms with van der Waals surface area (Å²) >= 11 is 1.89. The number of aliphatic hydroxyl groups is 1. The van der Waals surface area contributed by atoms with E-state index in [1.807, 2.05) is 11.8 Å². The predicted molar refractivity (Wildman–Crippen MR) is 45.2 cm³/mol. The molecule has 1 N–H and O–H groups in total. The number of rotatable bonds is 3. The van der Waals surface area contributed by atoms with E-state index in [0.717, 1.165) is 17.3 Å². The van der Waals surface area contributed by atoms with E-state index in [0.29, 0.717) is 18.2 Å². The molecule has 5 heteroatoms. The summed E-state index contributed by atoms with van der Waals surface area (Å²) in [7, 11) is 0. The molecule has 0 aliphatic carbocycles. The van der Waals surface area contributed by atoms with E-state index in [9.17, 15) is 0 Å². The third kappa shape index (κ3) is 1.47. The lowest BCUT2D eigenvalue weighted by Crippen LogP contribution is -2.16. The van der Waals surface area contributed by atoms with Crippen LogP contribution in [0, 0.1) is 0 Å². The van der Waals surface area contributed by atoms with Gasteiger partial charge in [-0.15, -0.1) is 0 Å². The van der Waals surface area contributed by atoms with Crippen LogP contribution in [0.25, 0.3) is 0 Å². The average Bonchev–Trinajstić information content (AvgIpc) is 2.34. The molecule has 1 fully saturated rings. The maximum Gasteiger partial charge on any atom is 0.228 e. The molecular formula is C7H10N2O2S. The molecule has 66 valence electrons. The first-order valence-electron chi connectivity index (χ1n) is 3.91. The Bertz CT molecular complexity index is 260. The Labute approximate surface area is 74.4 Å². The van der Waals surface area contributed by atoms with E-state index >= 15 is 0 Å². The van der Waals surface area contributed by atoms with Gasteiger partial charge < -0.3 is 9.63 Å². The van der Waals surface area contributed by atoms with Crippen LogP contribution in [0.5, 0.6) is 0 Å². The van der Waals surface area contributed by atoms with E-state index < -0.39 is 0 Å². The van der Waals surface area contributed by atoms with Crippen molar-refractivity contribution in [3.63, 3.8) is 0 Å². The van der Waals surface area contributed by atoms with E-state index in [2.05, 4.69) is 10.1 Å². The minimum absolute atomic E-state index is 0.0705. The van der Waals surface area contributed by atoms with Gasteiger partial charge in [0, 0.05) is 17.4 Å². The van der Waals surface area contributed by atoms with Crippen LogP contribution in [0.3, 0.4) is 0 Å². The van der Waals surface area contributed by atoms with Gasteiger partial charge in [0.15, 0.2) is 5.82 Å². The molecule has 0 atom stereocenters. The van der Waals surface area contributed by atoms with E-state index in [4.69, 9.17) is 9.63 Å². The van der Waals surface area contributed by atoms with Crippen LogP contribution in [0.1, 0.15) is 17.6 Å². The molecule has 4 nitrogen and oxygen atoms in total. The SMILES string of the molecule is OCCc1nc(C2CSC2)no1. The Morgan fingerprint density at radius 2 is 2.42 bits per heavy atom. The molecular weight excluding hydrogens is 176 g/mol. The van der Waals surface area contributed by atoms with Crippen molar-refractivity contribution in [3.05, 3.63) is 11.7 Å². The van der Waals surface area contributed by atoms with Gasteiger partial charge in [-0.25, -0.2) is 0 Å². The summed E-state index contributed by atoms with van der Waals surface area (Å²) in [6.07, 6.45) is 0.465. The highest BCUT2D eigenvalue weighted by Gasteiger charge is 2.25. The van der Waals surface area contributed by atoms with Gasteiger partial charge in [0.05, 0.1) is 13.0 Å². The van der Waals surface area contributed by atoms with Crippen molar-refractivity contribution < 1.29 is 9.63 Å². The first-order valence-corrected chi connectivity index (χ1v) is 5.06. The second kappa shape index (κ2) is 3.45. The summed E-state index contributed by atoms with van der Waals surface area (Å²) in [5, 5.41) is 12.5. The largest absolute Gasteiger partial charge is 0.396 e. The van der Waals surface area contributed by atoms with Crippen molar-refractivity contribution >= 4 is 11.8 Å². The van der Waals surface area contributed by atoms with E-state index in [1.54, 1.807) is 0 Å². The van der Waals surface area contributed by atoms with E-state index in [1.165, 1.54) is 0 Å². The van der Waals surface area contributed by atoms with Crippen molar-refractivity contribution in [2.75, 3.05) is 18.1 Å². The summed E-state index contributed by atoms with van der Waals surface area (Å²) in [4.78, 5) is 4.17. The molecule has 0 amide bonds. The van der Waals surface area contributed by atoms with Crippen molar-refractivity contribution in [2.24, 2.45) is 0 Å². The van der Waals surface area contributed by atoms with E-state index in [-0.39, 0.29) is 6.61 Å². The highest BCUT2D eigenvalue weighted by Crippen LogP contribution is 2.31. The Morgan fingerprint density at radius 1 is 1.58 bits per heavy atom. The fourth-order valence-corrected chi connectivity index (χ4v) is 1.79. The predicted octanol–water partition coefficient (Wildman–Crippen LogP) is 0.435. The molecule has 1 saturated heterocycles. The molecule has 0 unspecified atom stereocenters. The lowest BCUT2D eigenvalue weighted by molar-refractivity contribution is 0.273. The highest BCUT2D eigenvalue weighted by atomic mass is 32.2. The molecule has 1 aliphatic rings. The third-order valence-corrected chi connectivity index (χ3v) is 3.09. The minimum atomic E-state index is 0.0705. The average molecular weight is 186 g/mol. The lowest BCUT2D eigenvalue weighted by atomic mass is 10.2. The van der Waals surface area contributed by atoms with Gasteiger partial charge >= 0.3 is 0 Å². The van der Waals surface area contributed by atoms with Crippen LogP contribution in [-0.4, -0.2) is 33.4 Å². The van der Waals surface area contributed by atoms with Gasteiger partial charge in [0.2, 0.25) is 5.89 Å².